The molecule has 3 N–H and O–H groups in total. The quantitative estimate of drug-likeness (QED) is 0.531. The van der Waals surface area contributed by atoms with Crippen molar-refractivity contribution in [2.45, 2.75) is 20.3 Å². The molecule has 0 radical (unpaired) electrons. The first kappa shape index (κ1) is 18.8. The highest BCUT2D eigenvalue weighted by molar-refractivity contribution is 7.14. The van der Waals surface area contributed by atoms with Crippen LogP contribution in [0.25, 0.3) is 16.7 Å². The largest absolute Gasteiger partial charge is 0.369 e. The van der Waals surface area contributed by atoms with Crippen LogP contribution in [0.1, 0.15) is 27.2 Å². The van der Waals surface area contributed by atoms with Gasteiger partial charge in [0.1, 0.15) is 6.33 Å². The van der Waals surface area contributed by atoms with Gasteiger partial charge in [-0.15, -0.1) is 11.3 Å². The first-order valence-electron chi connectivity index (χ1n) is 8.99. The highest BCUT2D eigenvalue weighted by atomic mass is 32.1. The number of benzene rings is 2. The van der Waals surface area contributed by atoms with Crippen LogP contribution in [0.2, 0.25) is 0 Å². The average Bonchev–Trinajstić information content (AvgIpc) is 3.27. The Balaban J connectivity index is 1.58. The number of carbonyl (C=O) groups is 2. The van der Waals surface area contributed by atoms with Crippen molar-refractivity contribution in [2.75, 3.05) is 5.32 Å². The van der Waals surface area contributed by atoms with Crippen LogP contribution in [0, 0.1) is 13.8 Å². The molecular weight excluding hydrogens is 386 g/mol. The van der Waals surface area contributed by atoms with E-state index < -0.39 is 5.91 Å². The van der Waals surface area contributed by atoms with Gasteiger partial charge in [-0.2, -0.15) is 0 Å². The van der Waals surface area contributed by atoms with Crippen molar-refractivity contribution in [1.29, 1.82) is 0 Å². The number of hydrogen-bond donors (Lipinski definition) is 2. The number of rotatable bonds is 5. The molecule has 8 heteroatoms. The molecule has 7 nitrogen and oxygen atoms in total. The van der Waals surface area contributed by atoms with Crippen molar-refractivity contribution in [1.82, 2.24) is 14.5 Å². The molecule has 0 aliphatic rings. The number of imidazole rings is 1. The third-order valence-electron chi connectivity index (χ3n) is 4.55. The summed E-state index contributed by atoms with van der Waals surface area (Å²) < 4.78 is 2.02. The summed E-state index contributed by atoms with van der Waals surface area (Å²) in [7, 11) is 0. The zero-order valence-electron chi connectivity index (χ0n) is 16.0. The number of amides is 2. The number of nitrogens with two attached hydrogens (primary N) is 1. The van der Waals surface area contributed by atoms with Crippen LogP contribution in [0.4, 0.5) is 5.13 Å². The molecular formula is C21H19N5O2S. The van der Waals surface area contributed by atoms with Crippen LogP contribution < -0.4 is 11.1 Å². The minimum atomic E-state index is -0.460. The fourth-order valence-corrected chi connectivity index (χ4v) is 3.92. The SMILES string of the molecule is Cc1ccc(-n2cnc3cc(C(=O)Nc4nc(CC(N)=O)cs4)ccc32)c(C)c1. The molecule has 0 fully saturated rings. The molecule has 0 saturated heterocycles. The summed E-state index contributed by atoms with van der Waals surface area (Å²) in [5.41, 5.74) is 11.3. The molecule has 0 spiro atoms. The first-order valence-corrected chi connectivity index (χ1v) is 9.87. The van der Waals surface area contributed by atoms with E-state index in [0.29, 0.717) is 16.4 Å². The van der Waals surface area contributed by atoms with E-state index in [2.05, 4.69) is 47.3 Å². The zero-order chi connectivity index (χ0) is 20.5. The van der Waals surface area contributed by atoms with Gasteiger partial charge in [0.15, 0.2) is 5.13 Å². The minimum Gasteiger partial charge on any atom is -0.369 e. The number of aromatic nitrogens is 3. The van der Waals surface area contributed by atoms with Gasteiger partial charge in [-0.1, -0.05) is 17.7 Å². The van der Waals surface area contributed by atoms with Crippen LogP contribution in [-0.4, -0.2) is 26.3 Å². The maximum atomic E-state index is 12.6. The Labute approximate surface area is 171 Å². The summed E-state index contributed by atoms with van der Waals surface area (Å²) in [5, 5.41) is 4.88. The first-order chi connectivity index (χ1) is 13.9. The summed E-state index contributed by atoms with van der Waals surface area (Å²) in [4.78, 5) is 32.2. The maximum absolute atomic E-state index is 12.6. The van der Waals surface area contributed by atoms with Crippen LogP contribution >= 0.6 is 11.3 Å². The molecule has 0 saturated carbocycles. The van der Waals surface area contributed by atoms with Gasteiger partial charge in [0, 0.05) is 10.9 Å². The average molecular weight is 405 g/mol. The number of carbonyl (C=O) groups excluding carboxylic acids is 2. The predicted octanol–water partition coefficient (Wildman–Crippen LogP) is 3.38. The number of thiazole rings is 1. The Bertz CT molecular complexity index is 1240. The van der Waals surface area contributed by atoms with E-state index in [-0.39, 0.29) is 12.3 Å². The highest BCUT2D eigenvalue weighted by Gasteiger charge is 2.13. The number of anilines is 1. The summed E-state index contributed by atoms with van der Waals surface area (Å²) in [6.45, 7) is 4.13. The van der Waals surface area contributed by atoms with Gasteiger partial charge in [0.05, 0.1) is 28.8 Å². The monoisotopic (exact) mass is 405 g/mol. The Morgan fingerprint density at radius 1 is 1.17 bits per heavy atom. The standard InChI is InChI=1S/C21H19N5O2S/c1-12-3-5-17(13(2)7-12)26-11-23-16-8-14(4-6-18(16)26)20(28)25-21-24-15(10-29-21)9-19(22)27/h3-8,10-11H,9H2,1-2H3,(H2,22,27)(H,24,25,28). The van der Waals surface area contributed by atoms with Crippen molar-refractivity contribution in [3.63, 3.8) is 0 Å². The smallest absolute Gasteiger partial charge is 0.257 e. The fourth-order valence-electron chi connectivity index (χ4n) is 3.21. The highest BCUT2D eigenvalue weighted by Crippen LogP contribution is 2.23. The van der Waals surface area contributed by atoms with Crippen molar-refractivity contribution in [2.24, 2.45) is 5.73 Å². The Kier molecular flexibility index (Phi) is 4.85. The van der Waals surface area contributed by atoms with Gasteiger partial charge in [-0.3, -0.25) is 19.5 Å². The molecule has 0 bridgehead atoms. The van der Waals surface area contributed by atoms with Gasteiger partial charge in [-0.05, 0) is 43.7 Å². The number of aryl methyl sites for hydroxylation is 2. The van der Waals surface area contributed by atoms with Crippen LogP contribution in [0.3, 0.4) is 0 Å². The van der Waals surface area contributed by atoms with E-state index in [1.165, 1.54) is 16.9 Å². The number of hydrogen-bond acceptors (Lipinski definition) is 5. The second-order valence-electron chi connectivity index (χ2n) is 6.85. The second kappa shape index (κ2) is 7.48. The minimum absolute atomic E-state index is 0.0498. The third-order valence-corrected chi connectivity index (χ3v) is 5.36. The molecule has 2 heterocycles. The number of nitrogens with one attached hydrogen (secondary N) is 1. The lowest BCUT2D eigenvalue weighted by atomic mass is 10.1. The number of nitrogens with zero attached hydrogens (tertiary/aromatic N) is 3. The Hall–Kier alpha value is -3.52. The third kappa shape index (κ3) is 3.88. The van der Waals surface area contributed by atoms with Crippen LogP contribution in [0.15, 0.2) is 48.1 Å². The van der Waals surface area contributed by atoms with Gasteiger partial charge < -0.3 is 5.73 Å². The van der Waals surface area contributed by atoms with Gasteiger partial charge in [-0.25, -0.2) is 9.97 Å². The van der Waals surface area contributed by atoms with Crippen LogP contribution in [0.5, 0.6) is 0 Å². The fraction of sp³-hybridized carbons (Fsp3) is 0.143. The molecule has 29 heavy (non-hydrogen) atoms. The maximum Gasteiger partial charge on any atom is 0.257 e. The molecule has 0 aliphatic heterocycles. The summed E-state index contributed by atoms with van der Waals surface area (Å²) in [6.07, 6.45) is 1.81. The lowest BCUT2D eigenvalue weighted by molar-refractivity contribution is -0.117. The van der Waals surface area contributed by atoms with Crippen LogP contribution in [-0.2, 0) is 11.2 Å². The molecule has 146 valence electrons. The molecule has 4 rings (SSSR count). The van der Waals surface area contributed by atoms with E-state index in [4.69, 9.17) is 5.73 Å². The number of fused-ring (bicyclic) bond motifs is 1. The van der Waals surface area contributed by atoms with Crippen molar-refractivity contribution < 1.29 is 9.59 Å². The van der Waals surface area contributed by atoms with E-state index in [0.717, 1.165) is 22.3 Å². The summed E-state index contributed by atoms with van der Waals surface area (Å²) in [5.74, 6) is -0.744. The topological polar surface area (TPSA) is 103 Å². The van der Waals surface area contributed by atoms with Crippen molar-refractivity contribution in [3.05, 3.63) is 70.5 Å². The molecule has 2 aromatic carbocycles. The Morgan fingerprint density at radius 3 is 2.76 bits per heavy atom. The summed E-state index contributed by atoms with van der Waals surface area (Å²) >= 11 is 1.25. The zero-order valence-corrected chi connectivity index (χ0v) is 16.8. The molecule has 2 aromatic heterocycles. The normalized spacial score (nSPS) is 11.0. The lowest BCUT2D eigenvalue weighted by Crippen LogP contribution is -2.14. The van der Waals surface area contributed by atoms with E-state index in [9.17, 15) is 9.59 Å². The lowest BCUT2D eigenvalue weighted by Gasteiger charge is -2.09. The molecule has 4 aromatic rings. The van der Waals surface area contributed by atoms with Crippen molar-refractivity contribution >= 4 is 39.3 Å². The Morgan fingerprint density at radius 2 is 2.00 bits per heavy atom. The van der Waals surface area contributed by atoms with E-state index in [1.54, 1.807) is 23.8 Å². The molecule has 0 atom stereocenters. The van der Waals surface area contributed by atoms with Gasteiger partial charge >= 0.3 is 0 Å². The van der Waals surface area contributed by atoms with E-state index in [1.807, 2.05) is 10.6 Å². The predicted molar refractivity (Wildman–Crippen MR) is 114 cm³/mol. The van der Waals surface area contributed by atoms with Gasteiger partial charge in [0.2, 0.25) is 5.91 Å². The van der Waals surface area contributed by atoms with Crippen molar-refractivity contribution in [3.8, 4) is 5.69 Å². The van der Waals surface area contributed by atoms with E-state index >= 15 is 0 Å². The molecule has 0 aliphatic carbocycles. The second-order valence-corrected chi connectivity index (χ2v) is 7.71. The van der Waals surface area contributed by atoms with Gasteiger partial charge in [0.25, 0.3) is 5.91 Å². The molecule has 2 amide bonds. The summed E-state index contributed by atoms with van der Waals surface area (Å²) in [6, 6.07) is 11.7. The number of primary amides is 1. The molecule has 0 unspecified atom stereocenters.